The first-order valence-electron chi connectivity index (χ1n) is 4.79. The molecule has 0 unspecified atom stereocenters. The van der Waals surface area contributed by atoms with Crippen molar-refractivity contribution in [1.29, 1.82) is 0 Å². The molecule has 0 spiro atoms. The van der Waals surface area contributed by atoms with Crippen molar-refractivity contribution in [3.63, 3.8) is 0 Å². The van der Waals surface area contributed by atoms with Crippen molar-refractivity contribution in [2.45, 2.75) is 32.9 Å². The molecule has 0 aromatic rings. The van der Waals surface area contributed by atoms with Crippen LogP contribution in [0.15, 0.2) is 0 Å². The number of aliphatic hydroxyl groups excluding tert-OH is 1. The van der Waals surface area contributed by atoms with Crippen molar-refractivity contribution in [2.75, 3.05) is 6.54 Å². The molecule has 15 heavy (non-hydrogen) atoms. The van der Waals surface area contributed by atoms with E-state index in [9.17, 15) is 14.7 Å². The Morgan fingerprint density at radius 2 is 1.80 bits per heavy atom. The lowest BCUT2D eigenvalue weighted by molar-refractivity contribution is -0.130. The first kappa shape index (κ1) is 13.7. The van der Waals surface area contributed by atoms with Gasteiger partial charge >= 0.3 is 6.09 Å². The number of hydrogen-bond donors (Lipinski definition) is 4. The van der Waals surface area contributed by atoms with Crippen LogP contribution in [0.3, 0.4) is 0 Å². The summed E-state index contributed by atoms with van der Waals surface area (Å²) >= 11 is 0. The number of amides is 2. The van der Waals surface area contributed by atoms with Gasteiger partial charge in [-0.15, -0.1) is 0 Å². The van der Waals surface area contributed by atoms with E-state index in [1.54, 1.807) is 0 Å². The molecule has 6 heteroatoms. The molecule has 0 aliphatic rings. The quantitative estimate of drug-likeness (QED) is 0.512. The van der Waals surface area contributed by atoms with Crippen LogP contribution in [0.25, 0.3) is 0 Å². The Balaban J connectivity index is 4.01. The fourth-order valence-corrected chi connectivity index (χ4v) is 0.910. The lowest BCUT2D eigenvalue weighted by Crippen LogP contribution is -2.49. The van der Waals surface area contributed by atoms with Crippen molar-refractivity contribution >= 4 is 12.0 Å². The van der Waals surface area contributed by atoms with Crippen LogP contribution >= 0.6 is 0 Å². The third kappa shape index (κ3) is 5.90. The van der Waals surface area contributed by atoms with Crippen LogP contribution in [0.1, 0.15) is 20.8 Å². The highest BCUT2D eigenvalue weighted by Crippen LogP contribution is 1.94. The second-order valence-corrected chi connectivity index (χ2v) is 3.82. The van der Waals surface area contributed by atoms with E-state index in [-0.39, 0.29) is 5.92 Å². The standard InChI is InChI=1S/C9H18N2O4/c1-5(2)4-10-8(13)7(12)6(3)11-9(14)15/h5-7,11-12H,4H2,1-3H3,(H,10,13)(H,14,15)/t6-,7-/m0/s1. The fourth-order valence-electron chi connectivity index (χ4n) is 0.910. The molecule has 88 valence electrons. The monoisotopic (exact) mass is 218 g/mol. The molecule has 0 aliphatic carbocycles. The molecular formula is C9H18N2O4. The summed E-state index contributed by atoms with van der Waals surface area (Å²) in [5, 5.41) is 22.3. The maximum absolute atomic E-state index is 11.3. The van der Waals surface area contributed by atoms with Gasteiger partial charge in [-0.25, -0.2) is 4.79 Å². The van der Waals surface area contributed by atoms with Gasteiger partial charge in [0.05, 0.1) is 6.04 Å². The molecular weight excluding hydrogens is 200 g/mol. The average Bonchev–Trinajstić information content (AvgIpc) is 2.11. The predicted octanol–water partition coefficient (Wildman–Crippen LogP) is -0.224. The van der Waals surface area contributed by atoms with Crippen molar-refractivity contribution in [3.05, 3.63) is 0 Å². The summed E-state index contributed by atoms with van der Waals surface area (Å²) in [6, 6.07) is -0.824. The molecule has 0 bridgehead atoms. The molecule has 2 atom stereocenters. The van der Waals surface area contributed by atoms with Crippen molar-refractivity contribution in [2.24, 2.45) is 5.92 Å². The zero-order valence-electron chi connectivity index (χ0n) is 9.15. The summed E-state index contributed by atoms with van der Waals surface area (Å²) in [5.41, 5.74) is 0. The van der Waals surface area contributed by atoms with E-state index >= 15 is 0 Å². The lowest BCUT2D eigenvalue weighted by atomic mass is 10.1. The number of carbonyl (C=O) groups excluding carboxylic acids is 1. The van der Waals surface area contributed by atoms with Crippen molar-refractivity contribution < 1.29 is 19.8 Å². The fraction of sp³-hybridized carbons (Fsp3) is 0.778. The first-order valence-corrected chi connectivity index (χ1v) is 4.79. The van der Waals surface area contributed by atoms with Crippen LogP contribution < -0.4 is 10.6 Å². The SMILES string of the molecule is CC(C)CNC(=O)[C@@H](O)[C@H](C)NC(=O)O. The van der Waals surface area contributed by atoms with Gasteiger partial charge in [-0.05, 0) is 12.8 Å². The highest BCUT2D eigenvalue weighted by Gasteiger charge is 2.23. The second kappa shape index (κ2) is 6.23. The third-order valence-electron chi connectivity index (χ3n) is 1.78. The third-order valence-corrected chi connectivity index (χ3v) is 1.78. The molecule has 6 nitrogen and oxygen atoms in total. The molecule has 2 amide bonds. The Hall–Kier alpha value is -1.30. The van der Waals surface area contributed by atoms with E-state index in [4.69, 9.17) is 5.11 Å². The maximum atomic E-state index is 11.3. The van der Waals surface area contributed by atoms with Crippen LogP contribution in [0, 0.1) is 5.92 Å². The van der Waals surface area contributed by atoms with E-state index < -0.39 is 24.1 Å². The number of nitrogens with one attached hydrogen (secondary N) is 2. The summed E-state index contributed by atoms with van der Waals surface area (Å²) in [7, 11) is 0. The van der Waals surface area contributed by atoms with Crippen LogP contribution in [-0.2, 0) is 4.79 Å². The summed E-state index contributed by atoms with van der Waals surface area (Å²) < 4.78 is 0. The Morgan fingerprint density at radius 3 is 2.20 bits per heavy atom. The Morgan fingerprint density at radius 1 is 1.27 bits per heavy atom. The summed E-state index contributed by atoms with van der Waals surface area (Å²) in [4.78, 5) is 21.5. The van der Waals surface area contributed by atoms with Gasteiger partial charge in [0.1, 0.15) is 0 Å². The Labute approximate surface area is 88.7 Å². The highest BCUT2D eigenvalue weighted by molar-refractivity contribution is 5.81. The molecule has 0 heterocycles. The second-order valence-electron chi connectivity index (χ2n) is 3.82. The van der Waals surface area contributed by atoms with Crippen LogP contribution in [-0.4, -0.2) is 40.9 Å². The molecule has 4 N–H and O–H groups in total. The minimum Gasteiger partial charge on any atom is -0.465 e. The van der Waals surface area contributed by atoms with Gasteiger partial charge in [0.15, 0.2) is 6.10 Å². The van der Waals surface area contributed by atoms with E-state index in [1.807, 2.05) is 19.2 Å². The molecule has 0 aliphatic heterocycles. The van der Waals surface area contributed by atoms with Crippen LogP contribution in [0.5, 0.6) is 0 Å². The molecule has 0 rings (SSSR count). The van der Waals surface area contributed by atoms with Crippen LogP contribution in [0.2, 0.25) is 0 Å². The Bertz CT molecular complexity index is 230. The summed E-state index contributed by atoms with van der Waals surface area (Å²) in [6.07, 6.45) is -2.63. The van der Waals surface area contributed by atoms with Gasteiger partial charge in [0.2, 0.25) is 0 Å². The smallest absolute Gasteiger partial charge is 0.404 e. The molecule has 0 fully saturated rings. The molecule has 0 radical (unpaired) electrons. The summed E-state index contributed by atoms with van der Waals surface area (Å²) in [6.45, 7) is 5.72. The lowest BCUT2D eigenvalue weighted by Gasteiger charge is -2.18. The topological polar surface area (TPSA) is 98.7 Å². The van der Waals surface area contributed by atoms with E-state index in [0.29, 0.717) is 6.54 Å². The van der Waals surface area contributed by atoms with Gasteiger partial charge in [0, 0.05) is 6.54 Å². The Kier molecular flexibility index (Phi) is 5.69. The maximum Gasteiger partial charge on any atom is 0.404 e. The number of carboxylic acid groups (broad SMARTS) is 1. The largest absolute Gasteiger partial charge is 0.465 e. The molecule has 0 saturated carbocycles. The highest BCUT2D eigenvalue weighted by atomic mass is 16.4. The van der Waals surface area contributed by atoms with Gasteiger partial charge in [0.25, 0.3) is 5.91 Å². The average molecular weight is 218 g/mol. The summed E-state index contributed by atoms with van der Waals surface area (Å²) in [5.74, 6) is -0.283. The minimum absolute atomic E-state index is 0.281. The van der Waals surface area contributed by atoms with Gasteiger partial charge in [-0.1, -0.05) is 13.8 Å². The number of aliphatic hydroxyl groups is 1. The molecule has 0 aromatic heterocycles. The van der Waals surface area contributed by atoms with E-state index in [0.717, 1.165) is 0 Å². The zero-order chi connectivity index (χ0) is 12.0. The van der Waals surface area contributed by atoms with Gasteiger partial charge in [-0.3, -0.25) is 4.79 Å². The number of carbonyl (C=O) groups is 2. The van der Waals surface area contributed by atoms with E-state index in [1.165, 1.54) is 6.92 Å². The van der Waals surface area contributed by atoms with Crippen molar-refractivity contribution in [1.82, 2.24) is 10.6 Å². The number of hydrogen-bond acceptors (Lipinski definition) is 3. The van der Waals surface area contributed by atoms with Gasteiger partial charge in [-0.2, -0.15) is 0 Å². The molecule has 0 aromatic carbocycles. The zero-order valence-corrected chi connectivity index (χ0v) is 9.15. The minimum atomic E-state index is -1.36. The van der Waals surface area contributed by atoms with Crippen LogP contribution in [0.4, 0.5) is 4.79 Å². The van der Waals surface area contributed by atoms with Crippen molar-refractivity contribution in [3.8, 4) is 0 Å². The predicted molar refractivity (Wildman–Crippen MR) is 54.5 cm³/mol. The number of rotatable bonds is 5. The van der Waals surface area contributed by atoms with Gasteiger partial charge < -0.3 is 20.8 Å². The molecule has 0 saturated heterocycles. The first-order chi connectivity index (χ1) is 6.84. The normalized spacial score (nSPS) is 14.5. The van der Waals surface area contributed by atoms with E-state index in [2.05, 4.69) is 5.32 Å².